The third kappa shape index (κ3) is 5.99. The van der Waals surface area contributed by atoms with Gasteiger partial charge in [-0.1, -0.05) is 12.1 Å². The molecule has 1 aromatic heterocycles. The molecule has 2 aromatic rings. The molecule has 0 unspecified atom stereocenters. The minimum atomic E-state index is -2.94. The lowest BCUT2D eigenvalue weighted by Gasteiger charge is -2.11. The molecule has 0 fully saturated rings. The molecule has 1 amide bonds. The van der Waals surface area contributed by atoms with Gasteiger partial charge in [-0.25, -0.2) is 4.79 Å². The average Bonchev–Trinajstić information content (AvgIpc) is 3.15. The summed E-state index contributed by atoms with van der Waals surface area (Å²) < 4.78 is 38.8. The molecule has 26 heavy (non-hydrogen) atoms. The van der Waals surface area contributed by atoms with Gasteiger partial charge in [0.2, 0.25) is 0 Å². The molecule has 0 aliphatic carbocycles. The molecule has 2 rings (SSSR count). The lowest BCUT2D eigenvalue weighted by atomic mass is 10.1. The van der Waals surface area contributed by atoms with Gasteiger partial charge in [-0.3, -0.25) is 4.79 Å². The van der Waals surface area contributed by atoms with Crippen molar-refractivity contribution in [3.05, 3.63) is 46.2 Å². The number of hydrogen-bond acceptors (Lipinski definition) is 6. The van der Waals surface area contributed by atoms with Crippen LogP contribution in [0.1, 0.15) is 15.2 Å². The van der Waals surface area contributed by atoms with Crippen LogP contribution in [0.25, 0.3) is 0 Å². The van der Waals surface area contributed by atoms with Crippen LogP contribution in [-0.2, 0) is 16.0 Å². The van der Waals surface area contributed by atoms with E-state index in [4.69, 9.17) is 9.47 Å². The Bertz CT molecular complexity index is 737. The Morgan fingerprint density at radius 1 is 1.23 bits per heavy atom. The Morgan fingerprint density at radius 2 is 2.04 bits per heavy atom. The molecule has 1 heterocycles. The Kier molecular flexibility index (Phi) is 7.34. The number of thiophene rings is 1. The van der Waals surface area contributed by atoms with Crippen molar-refractivity contribution in [2.45, 2.75) is 13.0 Å². The summed E-state index contributed by atoms with van der Waals surface area (Å²) in [5.41, 5.74) is 0.763. The molecule has 6 nitrogen and oxygen atoms in total. The molecule has 0 aliphatic rings. The number of benzene rings is 1. The fraction of sp³-hybridized carbons (Fsp3) is 0.294. The maximum absolute atomic E-state index is 12.3. The van der Waals surface area contributed by atoms with Gasteiger partial charge in [-0.05, 0) is 35.6 Å². The molecule has 0 atom stereocenters. The van der Waals surface area contributed by atoms with Crippen LogP contribution in [-0.4, -0.2) is 38.7 Å². The highest BCUT2D eigenvalue weighted by Crippen LogP contribution is 2.29. The van der Waals surface area contributed by atoms with Gasteiger partial charge in [0, 0.05) is 6.54 Å². The molecule has 0 spiro atoms. The maximum atomic E-state index is 12.3. The summed E-state index contributed by atoms with van der Waals surface area (Å²) in [5, 5.41) is 4.35. The smallest absolute Gasteiger partial charge is 0.387 e. The van der Waals surface area contributed by atoms with Gasteiger partial charge in [0.05, 0.1) is 7.11 Å². The van der Waals surface area contributed by atoms with Crippen LogP contribution in [0, 0.1) is 0 Å². The van der Waals surface area contributed by atoms with Crippen molar-refractivity contribution in [2.24, 2.45) is 0 Å². The van der Waals surface area contributed by atoms with E-state index in [0.717, 1.165) is 5.56 Å². The zero-order valence-corrected chi connectivity index (χ0v) is 14.7. The number of rotatable bonds is 9. The van der Waals surface area contributed by atoms with Gasteiger partial charge < -0.3 is 19.5 Å². The summed E-state index contributed by atoms with van der Waals surface area (Å²) in [6.45, 7) is -3.03. The predicted octanol–water partition coefficient (Wildman–Crippen LogP) is 2.87. The lowest BCUT2D eigenvalue weighted by molar-refractivity contribution is -0.124. The van der Waals surface area contributed by atoms with Crippen molar-refractivity contribution in [1.29, 1.82) is 0 Å². The zero-order chi connectivity index (χ0) is 18.9. The highest BCUT2D eigenvalue weighted by molar-refractivity contribution is 7.11. The summed E-state index contributed by atoms with van der Waals surface area (Å²) in [7, 11) is 1.35. The van der Waals surface area contributed by atoms with Crippen LogP contribution in [0.4, 0.5) is 8.78 Å². The monoisotopic (exact) mass is 385 g/mol. The molecule has 0 saturated carbocycles. The first-order chi connectivity index (χ1) is 12.5. The van der Waals surface area contributed by atoms with Crippen LogP contribution in [0.15, 0.2) is 35.7 Å². The molecule has 0 saturated heterocycles. The summed E-state index contributed by atoms with van der Waals surface area (Å²) in [6.07, 6.45) is 0.440. The summed E-state index contributed by atoms with van der Waals surface area (Å²) in [4.78, 5) is 23.7. The standard InChI is InChI=1S/C17H17F2NO5S/c1-23-13-9-11(4-5-12(13)25-17(18)19)6-7-20-15(21)10-24-16(22)14-3-2-8-26-14/h2-5,8-9,17H,6-7,10H2,1H3,(H,20,21). The number of halogens is 2. The first kappa shape index (κ1) is 19.6. The van der Waals surface area contributed by atoms with Crippen LogP contribution in [0.2, 0.25) is 0 Å². The normalized spacial score (nSPS) is 10.5. The third-order valence-corrected chi connectivity index (χ3v) is 4.09. The topological polar surface area (TPSA) is 73.9 Å². The number of carbonyl (C=O) groups excluding carboxylic acids is 2. The second-order valence-electron chi connectivity index (χ2n) is 5.02. The number of carbonyl (C=O) groups is 2. The van der Waals surface area contributed by atoms with Crippen molar-refractivity contribution in [1.82, 2.24) is 5.32 Å². The SMILES string of the molecule is COc1cc(CCNC(=O)COC(=O)c2cccs2)ccc1OC(F)F. The molecule has 0 radical (unpaired) electrons. The number of amides is 1. The van der Waals surface area contributed by atoms with E-state index in [0.29, 0.717) is 11.3 Å². The van der Waals surface area contributed by atoms with E-state index in [1.807, 2.05) is 0 Å². The first-order valence-electron chi connectivity index (χ1n) is 7.58. The summed E-state index contributed by atoms with van der Waals surface area (Å²) in [6, 6.07) is 7.86. The largest absolute Gasteiger partial charge is 0.493 e. The Hall–Kier alpha value is -2.68. The van der Waals surface area contributed by atoms with Gasteiger partial charge in [0.1, 0.15) is 4.88 Å². The maximum Gasteiger partial charge on any atom is 0.387 e. The van der Waals surface area contributed by atoms with Crippen molar-refractivity contribution < 1.29 is 32.6 Å². The molecule has 140 valence electrons. The van der Waals surface area contributed by atoms with Gasteiger partial charge >= 0.3 is 12.6 Å². The zero-order valence-electron chi connectivity index (χ0n) is 13.9. The number of nitrogens with one attached hydrogen (secondary N) is 1. The van der Waals surface area contributed by atoms with E-state index in [2.05, 4.69) is 10.1 Å². The fourth-order valence-corrected chi connectivity index (χ4v) is 2.67. The highest BCUT2D eigenvalue weighted by atomic mass is 32.1. The van der Waals surface area contributed by atoms with Gasteiger partial charge in [-0.2, -0.15) is 8.78 Å². The average molecular weight is 385 g/mol. The highest BCUT2D eigenvalue weighted by Gasteiger charge is 2.12. The van der Waals surface area contributed by atoms with E-state index in [-0.39, 0.29) is 24.7 Å². The van der Waals surface area contributed by atoms with E-state index in [1.54, 1.807) is 29.6 Å². The Balaban J connectivity index is 1.76. The molecule has 1 N–H and O–H groups in total. The minimum Gasteiger partial charge on any atom is -0.493 e. The molecular weight excluding hydrogens is 368 g/mol. The second-order valence-corrected chi connectivity index (χ2v) is 5.96. The predicted molar refractivity (Wildman–Crippen MR) is 90.9 cm³/mol. The van der Waals surface area contributed by atoms with Crippen LogP contribution in [0.3, 0.4) is 0 Å². The Labute approximate surface area is 152 Å². The number of ether oxygens (including phenoxy) is 3. The molecule has 0 bridgehead atoms. The second kappa shape index (κ2) is 9.71. The van der Waals surface area contributed by atoms with Crippen LogP contribution >= 0.6 is 11.3 Å². The molecule has 0 aliphatic heterocycles. The van der Waals surface area contributed by atoms with E-state index < -0.39 is 18.5 Å². The quantitative estimate of drug-likeness (QED) is 0.672. The van der Waals surface area contributed by atoms with Crippen LogP contribution in [0.5, 0.6) is 11.5 Å². The summed E-state index contributed by atoms with van der Waals surface area (Å²) in [5.74, 6) is -0.858. The Morgan fingerprint density at radius 3 is 2.69 bits per heavy atom. The van der Waals surface area contributed by atoms with Crippen molar-refractivity contribution >= 4 is 23.2 Å². The molecule has 1 aromatic carbocycles. The van der Waals surface area contributed by atoms with Crippen molar-refractivity contribution in [2.75, 3.05) is 20.3 Å². The number of methoxy groups -OCH3 is 1. The van der Waals surface area contributed by atoms with E-state index in [9.17, 15) is 18.4 Å². The fourth-order valence-electron chi connectivity index (χ4n) is 2.06. The van der Waals surface area contributed by atoms with E-state index in [1.165, 1.54) is 24.5 Å². The lowest BCUT2D eigenvalue weighted by Crippen LogP contribution is -2.30. The van der Waals surface area contributed by atoms with E-state index >= 15 is 0 Å². The summed E-state index contributed by atoms with van der Waals surface area (Å²) >= 11 is 1.23. The number of esters is 1. The number of alkyl halides is 2. The molecule has 9 heteroatoms. The van der Waals surface area contributed by atoms with Gasteiger partial charge in [-0.15, -0.1) is 11.3 Å². The van der Waals surface area contributed by atoms with Crippen LogP contribution < -0.4 is 14.8 Å². The van der Waals surface area contributed by atoms with Gasteiger partial charge in [0.25, 0.3) is 5.91 Å². The minimum absolute atomic E-state index is 0.0595. The van der Waals surface area contributed by atoms with Crippen molar-refractivity contribution in [3.8, 4) is 11.5 Å². The van der Waals surface area contributed by atoms with Crippen molar-refractivity contribution in [3.63, 3.8) is 0 Å². The third-order valence-electron chi connectivity index (χ3n) is 3.24. The molecular formula is C17H17F2NO5S. The first-order valence-corrected chi connectivity index (χ1v) is 8.46. The van der Waals surface area contributed by atoms with Gasteiger partial charge in [0.15, 0.2) is 18.1 Å². The number of hydrogen-bond donors (Lipinski definition) is 1.